The second kappa shape index (κ2) is 4.84. The van der Waals surface area contributed by atoms with Crippen molar-refractivity contribution in [2.45, 2.75) is 18.4 Å². The van der Waals surface area contributed by atoms with Crippen molar-refractivity contribution in [3.8, 4) is 0 Å². The molecule has 5 rings (SSSR count). The average Bonchev–Trinajstić information content (AvgIpc) is 3.01. The fourth-order valence-electron chi connectivity index (χ4n) is 4.36. The molecule has 1 N–H and O–H groups in total. The fraction of sp³-hybridized carbons (Fsp3) is 0.238. The number of hydrogen-bond acceptors (Lipinski definition) is 1. The third kappa shape index (κ3) is 1.91. The Morgan fingerprint density at radius 3 is 2.78 bits per heavy atom. The highest BCUT2D eigenvalue weighted by Crippen LogP contribution is 2.42. The zero-order valence-electron chi connectivity index (χ0n) is 13.3. The van der Waals surface area contributed by atoms with Gasteiger partial charge in [0.05, 0.1) is 0 Å². The number of aromatic nitrogens is 1. The number of nitrogens with one attached hydrogen (secondary N) is 1. The molecule has 2 nitrogen and oxygen atoms in total. The molecule has 1 aromatic heterocycles. The Hall–Kier alpha value is -2.32. The van der Waals surface area contributed by atoms with Gasteiger partial charge in [0, 0.05) is 35.6 Å². The van der Waals surface area contributed by atoms with E-state index in [0.717, 1.165) is 13.0 Å². The molecule has 2 heteroatoms. The first-order valence-corrected chi connectivity index (χ1v) is 8.37. The molecule has 1 aliphatic heterocycles. The van der Waals surface area contributed by atoms with Crippen LogP contribution in [-0.2, 0) is 6.42 Å². The number of hydrogen-bond donors (Lipinski definition) is 1. The van der Waals surface area contributed by atoms with Crippen LogP contribution in [0.1, 0.15) is 22.6 Å². The van der Waals surface area contributed by atoms with E-state index in [0.29, 0.717) is 12.0 Å². The molecule has 0 radical (unpaired) electrons. The Morgan fingerprint density at radius 2 is 1.91 bits per heavy atom. The maximum Gasteiger partial charge on any atom is 0.0462 e. The molecule has 0 saturated heterocycles. The minimum atomic E-state index is 0.475. The highest BCUT2D eigenvalue weighted by Gasteiger charge is 2.33. The van der Waals surface area contributed by atoms with Crippen LogP contribution in [0.5, 0.6) is 0 Å². The Balaban J connectivity index is 1.70. The summed E-state index contributed by atoms with van der Waals surface area (Å²) in [4.78, 5) is 5.97. The van der Waals surface area contributed by atoms with Crippen molar-refractivity contribution in [1.82, 2.24) is 9.88 Å². The van der Waals surface area contributed by atoms with Crippen molar-refractivity contribution in [2.24, 2.45) is 0 Å². The van der Waals surface area contributed by atoms with Crippen LogP contribution >= 0.6 is 0 Å². The third-order valence-electron chi connectivity index (χ3n) is 5.50. The van der Waals surface area contributed by atoms with Gasteiger partial charge in [0.1, 0.15) is 0 Å². The monoisotopic (exact) mass is 300 g/mol. The van der Waals surface area contributed by atoms with Gasteiger partial charge in [-0.15, -0.1) is 0 Å². The molecule has 2 heterocycles. The smallest absolute Gasteiger partial charge is 0.0462 e. The molecule has 114 valence electrons. The number of nitrogens with zero attached hydrogens (tertiary/aromatic N) is 1. The Bertz CT molecular complexity index is 904. The number of fused-ring (bicyclic) bond motifs is 2. The quantitative estimate of drug-likeness (QED) is 0.713. The summed E-state index contributed by atoms with van der Waals surface area (Å²) in [6.45, 7) is 1.09. The SMILES string of the molecule is CN1C[C@H](c2ccccc2)C=C2c3cccc4[nH]cc(c34)C[C@H]21. The Morgan fingerprint density at radius 1 is 1.04 bits per heavy atom. The van der Waals surface area contributed by atoms with Crippen molar-refractivity contribution in [3.63, 3.8) is 0 Å². The van der Waals surface area contributed by atoms with Crippen LogP contribution in [0.25, 0.3) is 16.5 Å². The number of benzene rings is 2. The molecule has 1 aliphatic carbocycles. The van der Waals surface area contributed by atoms with Crippen LogP contribution in [0.3, 0.4) is 0 Å². The molecular formula is C21H20N2. The first-order chi connectivity index (χ1) is 11.3. The van der Waals surface area contributed by atoms with Gasteiger partial charge in [-0.05, 0) is 41.8 Å². The summed E-state index contributed by atoms with van der Waals surface area (Å²) in [5.74, 6) is 0.475. The van der Waals surface area contributed by atoms with Crippen LogP contribution in [-0.4, -0.2) is 29.5 Å². The minimum absolute atomic E-state index is 0.475. The molecule has 2 aliphatic rings. The van der Waals surface area contributed by atoms with Crippen molar-refractivity contribution >= 4 is 16.5 Å². The first kappa shape index (κ1) is 13.1. The summed E-state index contributed by atoms with van der Waals surface area (Å²) in [5, 5.41) is 1.43. The van der Waals surface area contributed by atoms with Crippen molar-refractivity contribution < 1.29 is 0 Å². The maximum absolute atomic E-state index is 3.44. The van der Waals surface area contributed by atoms with E-state index >= 15 is 0 Å². The first-order valence-electron chi connectivity index (χ1n) is 8.37. The zero-order valence-corrected chi connectivity index (χ0v) is 13.3. The zero-order chi connectivity index (χ0) is 15.4. The van der Waals surface area contributed by atoms with Crippen molar-refractivity contribution in [3.05, 3.63) is 77.5 Å². The largest absolute Gasteiger partial charge is 0.361 e. The minimum Gasteiger partial charge on any atom is -0.361 e. The molecule has 2 aromatic carbocycles. The second-order valence-corrected chi connectivity index (χ2v) is 6.84. The molecular weight excluding hydrogens is 280 g/mol. The number of rotatable bonds is 1. The summed E-state index contributed by atoms with van der Waals surface area (Å²) in [5.41, 5.74) is 7.06. The second-order valence-electron chi connectivity index (χ2n) is 6.84. The van der Waals surface area contributed by atoms with Crippen LogP contribution in [0, 0.1) is 0 Å². The Labute approximate surface area is 136 Å². The van der Waals surface area contributed by atoms with Gasteiger partial charge < -0.3 is 4.98 Å². The van der Waals surface area contributed by atoms with Crippen molar-refractivity contribution in [1.29, 1.82) is 0 Å². The number of aromatic amines is 1. The van der Waals surface area contributed by atoms with Crippen molar-refractivity contribution in [2.75, 3.05) is 13.6 Å². The standard InChI is InChI=1S/C21H20N2/c1-23-13-16(14-6-3-2-4-7-14)10-18-17-8-5-9-19-21(17)15(12-22-19)11-20(18)23/h2-10,12,16,20,22H,11,13H2,1H3/t16-,20-/m1/s1. The normalized spacial score (nSPS) is 23.6. The van der Waals surface area contributed by atoms with Gasteiger partial charge in [0.25, 0.3) is 0 Å². The van der Waals surface area contributed by atoms with E-state index in [1.807, 2.05) is 0 Å². The van der Waals surface area contributed by atoms with Gasteiger partial charge in [-0.2, -0.15) is 0 Å². The Kier molecular flexibility index (Phi) is 2.77. The molecule has 0 saturated carbocycles. The lowest BCUT2D eigenvalue weighted by Gasteiger charge is -2.40. The van der Waals surface area contributed by atoms with E-state index in [2.05, 4.69) is 77.7 Å². The molecule has 0 unspecified atom stereocenters. The molecule has 0 amide bonds. The van der Waals surface area contributed by atoms with E-state index < -0.39 is 0 Å². The third-order valence-corrected chi connectivity index (χ3v) is 5.50. The summed E-state index contributed by atoms with van der Waals surface area (Å²) >= 11 is 0. The van der Waals surface area contributed by atoms with E-state index in [4.69, 9.17) is 0 Å². The van der Waals surface area contributed by atoms with Gasteiger partial charge in [-0.25, -0.2) is 0 Å². The van der Waals surface area contributed by atoms with Gasteiger partial charge in [0.15, 0.2) is 0 Å². The van der Waals surface area contributed by atoms with Gasteiger partial charge in [-0.1, -0.05) is 48.5 Å². The lowest BCUT2D eigenvalue weighted by Crippen LogP contribution is -2.41. The fourth-order valence-corrected chi connectivity index (χ4v) is 4.36. The van der Waals surface area contributed by atoms with E-state index in [1.54, 1.807) is 0 Å². The maximum atomic E-state index is 3.44. The summed E-state index contributed by atoms with van der Waals surface area (Å²) in [6, 6.07) is 18.0. The molecule has 0 fully saturated rings. The van der Waals surface area contributed by atoms with E-state index in [-0.39, 0.29) is 0 Å². The van der Waals surface area contributed by atoms with E-state index in [1.165, 1.54) is 33.2 Å². The van der Waals surface area contributed by atoms with Crippen LogP contribution in [0.15, 0.2) is 60.8 Å². The van der Waals surface area contributed by atoms with Crippen LogP contribution < -0.4 is 0 Å². The molecule has 0 bridgehead atoms. The van der Waals surface area contributed by atoms with Crippen LogP contribution in [0.2, 0.25) is 0 Å². The average molecular weight is 300 g/mol. The van der Waals surface area contributed by atoms with Gasteiger partial charge in [-0.3, -0.25) is 4.90 Å². The van der Waals surface area contributed by atoms with Gasteiger partial charge >= 0.3 is 0 Å². The predicted octanol–water partition coefficient (Wildman–Crippen LogP) is 4.21. The highest BCUT2D eigenvalue weighted by molar-refractivity contribution is 5.98. The molecule has 23 heavy (non-hydrogen) atoms. The molecule has 2 atom stereocenters. The number of H-pyrrole nitrogens is 1. The summed E-state index contributed by atoms with van der Waals surface area (Å²) in [7, 11) is 2.27. The predicted molar refractivity (Wildman–Crippen MR) is 95.6 cm³/mol. The summed E-state index contributed by atoms with van der Waals surface area (Å²) < 4.78 is 0. The topological polar surface area (TPSA) is 19.0 Å². The molecule has 3 aromatic rings. The lowest BCUT2D eigenvalue weighted by molar-refractivity contribution is 0.268. The van der Waals surface area contributed by atoms with Crippen LogP contribution in [0.4, 0.5) is 0 Å². The van der Waals surface area contributed by atoms with Gasteiger partial charge in [0.2, 0.25) is 0 Å². The van der Waals surface area contributed by atoms with E-state index in [9.17, 15) is 0 Å². The lowest BCUT2D eigenvalue weighted by atomic mass is 9.78. The summed E-state index contributed by atoms with van der Waals surface area (Å²) in [6.07, 6.45) is 5.83. The number of likely N-dealkylation sites (N-methyl/N-ethyl adjacent to an activating group) is 1. The highest BCUT2D eigenvalue weighted by atomic mass is 15.1. The molecule has 0 spiro atoms.